The molecular formula is C47H82O10. The molecule has 1 saturated heterocycles. The number of aliphatic hydroxyl groups is 4. The molecular weight excluding hydrogens is 725 g/mol. The van der Waals surface area contributed by atoms with Crippen LogP contribution in [0.4, 0.5) is 0 Å². The maximum absolute atomic E-state index is 12.8. The molecule has 0 saturated carbocycles. The summed E-state index contributed by atoms with van der Waals surface area (Å²) in [6.45, 7) is 4.89. The molecule has 1 heterocycles. The van der Waals surface area contributed by atoms with E-state index in [9.17, 15) is 30.0 Å². The SMILES string of the molecule is C=CCCCCCCCCCCCCCCCC(=O)OC[C@H](CO[C@@H]1O[C@H](CO)[C@H](O)C(O)C1O)OC(=O)CCCCCC/C=C/C/C=C/C/C=C/CCCCC. The molecule has 2 unspecified atom stereocenters. The molecule has 0 radical (unpaired) electrons. The number of hydrogen-bond donors (Lipinski definition) is 4. The Hall–Kier alpha value is -2.34. The number of carbonyl (C=O) groups is 2. The summed E-state index contributed by atoms with van der Waals surface area (Å²) in [5.41, 5.74) is 0. The Morgan fingerprint density at radius 1 is 0.596 bits per heavy atom. The van der Waals surface area contributed by atoms with Crippen molar-refractivity contribution in [3.05, 3.63) is 49.1 Å². The summed E-state index contributed by atoms with van der Waals surface area (Å²) in [4.78, 5) is 25.3. The number of aliphatic hydroxyl groups excluding tert-OH is 4. The highest BCUT2D eigenvalue weighted by Crippen LogP contribution is 2.22. The van der Waals surface area contributed by atoms with Crippen LogP contribution in [-0.4, -0.2) is 89.0 Å². The first-order valence-electron chi connectivity index (χ1n) is 22.7. The highest BCUT2D eigenvalue weighted by Gasteiger charge is 2.44. The number of carbonyl (C=O) groups excluding carboxylic acids is 2. The average Bonchev–Trinajstić information content (AvgIpc) is 3.21. The molecule has 0 aromatic carbocycles. The topological polar surface area (TPSA) is 152 Å². The molecule has 330 valence electrons. The van der Waals surface area contributed by atoms with Crippen molar-refractivity contribution >= 4 is 11.9 Å². The minimum Gasteiger partial charge on any atom is -0.462 e. The van der Waals surface area contributed by atoms with Crippen LogP contribution in [0.25, 0.3) is 0 Å². The van der Waals surface area contributed by atoms with Crippen LogP contribution in [0.3, 0.4) is 0 Å². The van der Waals surface area contributed by atoms with E-state index in [1.54, 1.807) is 0 Å². The Morgan fingerprint density at radius 3 is 1.60 bits per heavy atom. The largest absolute Gasteiger partial charge is 0.462 e. The third-order valence-electron chi connectivity index (χ3n) is 10.3. The van der Waals surface area contributed by atoms with Gasteiger partial charge in [-0.15, -0.1) is 6.58 Å². The summed E-state index contributed by atoms with van der Waals surface area (Å²) in [6, 6.07) is 0. The van der Waals surface area contributed by atoms with Crippen molar-refractivity contribution in [3.63, 3.8) is 0 Å². The molecule has 0 bridgehead atoms. The predicted molar refractivity (Wildman–Crippen MR) is 229 cm³/mol. The van der Waals surface area contributed by atoms with Crippen molar-refractivity contribution in [1.29, 1.82) is 0 Å². The van der Waals surface area contributed by atoms with Crippen LogP contribution >= 0.6 is 0 Å². The molecule has 1 fully saturated rings. The molecule has 0 spiro atoms. The van der Waals surface area contributed by atoms with Crippen LogP contribution in [-0.2, 0) is 28.5 Å². The van der Waals surface area contributed by atoms with Crippen LogP contribution in [0.1, 0.15) is 180 Å². The molecule has 57 heavy (non-hydrogen) atoms. The van der Waals surface area contributed by atoms with E-state index in [2.05, 4.69) is 50.0 Å². The first-order valence-corrected chi connectivity index (χ1v) is 22.7. The molecule has 4 N–H and O–H groups in total. The van der Waals surface area contributed by atoms with Gasteiger partial charge in [0, 0.05) is 12.8 Å². The van der Waals surface area contributed by atoms with Crippen molar-refractivity contribution in [3.8, 4) is 0 Å². The molecule has 0 amide bonds. The van der Waals surface area contributed by atoms with E-state index < -0.39 is 49.4 Å². The maximum atomic E-state index is 12.8. The van der Waals surface area contributed by atoms with Gasteiger partial charge in [0.05, 0.1) is 13.2 Å². The molecule has 1 aliphatic heterocycles. The normalized spacial score (nSPS) is 20.5. The van der Waals surface area contributed by atoms with Gasteiger partial charge < -0.3 is 39.4 Å². The standard InChI is InChI=1S/C47H82O10/c1-3-5-7-9-11-13-15-17-19-20-22-24-26-28-30-32-34-36-43(50)56-40(39-55-47-46(53)45(52)44(51)41(37-48)57-47)38-54-42(49)35-33-31-29-27-25-23-21-18-16-14-12-10-8-6-4-2/h4,11,13,17,19,22,24,40-41,44-48,51-53H,2-3,5-10,12,14-16,18,20-21,23,25-39H2,1H3/b13-11+,19-17+,24-22+/t40-,41-,44+,45?,46?,47-/m1/s1. The molecule has 1 rings (SSSR count). The van der Waals surface area contributed by atoms with Crippen LogP contribution in [0, 0.1) is 0 Å². The lowest BCUT2D eigenvalue weighted by molar-refractivity contribution is -0.305. The van der Waals surface area contributed by atoms with Gasteiger partial charge in [0.2, 0.25) is 0 Å². The molecule has 0 aromatic heterocycles. The van der Waals surface area contributed by atoms with Crippen molar-refractivity contribution in [2.75, 3.05) is 19.8 Å². The maximum Gasteiger partial charge on any atom is 0.306 e. The summed E-state index contributed by atoms with van der Waals surface area (Å²) in [5.74, 6) is -0.834. The second-order valence-electron chi connectivity index (χ2n) is 15.6. The zero-order chi connectivity index (χ0) is 41.6. The van der Waals surface area contributed by atoms with Gasteiger partial charge in [-0.2, -0.15) is 0 Å². The van der Waals surface area contributed by atoms with Gasteiger partial charge in [-0.3, -0.25) is 9.59 Å². The first kappa shape index (κ1) is 52.7. The smallest absolute Gasteiger partial charge is 0.306 e. The predicted octanol–water partition coefficient (Wildman–Crippen LogP) is 9.67. The Kier molecular flexibility index (Phi) is 35.0. The van der Waals surface area contributed by atoms with E-state index in [1.165, 1.54) is 83.5 Å². The third-order valence-corrected chi connectivity index (χ3v) is 10.3. The number of allylic oxidation sites excluding steroid dienone is 7. The number of ether oxygens (including phenoxy) is 4. The lowest BCUT2D eigenvalue weighted by Gasteiger charge is -2.39. The number of hydrogen-bond acceptors (Lipinski definition) is 10. The van der Waals surface area contributed by atoms with E-state index in [1.807, 2.05) is 6.08 Å². The van der Waals surface area contributed by atoms with Crippen molar-refractivity contribution < 1.29 is 49.0 Å². The van der Waals surface area contributed by atoms with Gasteiger partial charge in [-0.25, -0.2) is 0 Å². The molecule has 0 aliphatic carbocycles. The molecule has 0 aromatic rings. The van der Waals surface area contributed by atoms with E-state index in [0.29, 0.717) is 6.42 Å². The Bertz CT molecular complexity index is 1060. The van der Waals surface area contributed by atoms with Crippen molar-refractivity contribution in [2.45, 2.75) is 217 Å². The lowest BCUT2D eigenvalue weighted by Crippen LogP contribution is -2.59. The third kappa shape index (κ3) is 29.5. The van der Waals surface area contributed by atoms with Gasteiger partial charge in [-0.05, 0) is 64.2 Å². The second kappa shape index (κ2) is 37.9. The monoisotopic (exact) mass is 807 g/mol. The fourth-order valence-corrected chi connectivity index (χ4v) is 6.70. The van der Waals surface area contributed by atoms with Gasteiger partial charge in [0.1, 0.15) is 31.0 Å². The molecule has 1 aliphatic rings. The Labute approximate surface area is 346 Å². The van der Waals surface area contributed by atoms with Crippen LogP contribution in [0.2, 0.25) is 0 Å². The molecule has 10 nitrogen and oxygen atoms in total. The van der Waals surface area contributed by atoms with E-state index in [4.69, 9.17) is 18.9 Å². The van der Waals surface area contributed by atoms with Gasteiger partial charge in [-0.1, -0.05) is 146 Å². The Morgan fingerprint density at radius 2 is 1.07 bits per heavy atom. The number of rotatable bonds is 38. The highest BCUT2D eigenvalue weighted by molar-refractivity contribution is 5.70. The highest BCUT2D eigenvalue weighted by atomic mass is 16.7. The minimum absolute atomic E-state index is 0.203. The summed E-state index contributed by atoms with van der Waals surface area (Å²) in [5, 5.41) is 40.1. The average molecular weight is 807 g/mol. The van der Waals surface area contributed by atoms with Crippen LogP contribution in [0.15, 0.2) is 49.1 Å². The fraction of sp³-hybridized carbons (Fsp3) is 0.787. The van der Waals surface area contributed by atoms with E-state index >= 15 is 0 Å². The summed E-state index contributed by atoms with van der Waals surface area (Å²) >= 11 is 0. The van der Waals surface area contributed by atoms with Crippen molar-refractivity contribution in [1.82, 2.24) is 0 Å². The summed E-state index contributed by atoms with van der Waals surface area (Å²) < 4.78 is 22.1. The number of unbranched alkanes of at least 4 members (excludes halogenated alkanes) is 20. The van der Waals surface area contributed by atoms with Gasteiger partial charge >= 0.3 is 11.9 Å². The van der Waals surface area contributed by atoms with E-state index in [-0.39, 0.29) is 32.0 Å². The van der Waals surface area contributed by atoms with Crippen LogP contribution in [0.5, 0.6) is 0 Å². The minimum atomic E-state index is -1.60. The summed E-state index contributed by atoms with van der Waals surface area (Å²) in [7, 11) is 0. The van der Waals surface area contributed by atoms with Gasteiger partial charge in [0.15, 0.2) is 12.4 Å². The zero-order valence-corrected chi connectivity index (χ0v) is 35.7. The van der Waals surface area contributed by atoms with Crippen LogP contribution < -0.4 is 0 Å². The first-order chi connectivity index (χ1) is 27.8. The van der Waals surface area contributed by atoms with Crippen molar-refractivity contribution in [2.24, 2.45) is 0 Å². The zero-order valence-electron chi connectivity index (χ0n) is 35.7. The molecule has 6 atom stereocenters. The van der Waals surface area contributed by atoms with Gasteiger partial charge in [0.25, 0.3) is 0 Å². The second-order valence-corrected chi connectivity index (χ2v) is 15.6. The lowest BCUT2D eigenvalue weighted by atomic mass is 9.99. The fourth-order valence-electron chi connectivity index (χ4n) is 6.70. The Balaban J connectivity index is 2.34. The van der Waals surface area contributed by atoms with E-state index in [0.717, 1.165) is 70.6 Å². The number of esters is 2. The summed E-state index contributed by atoms with van der Waals surface area (Å²) in [6.07, 6.45) is 35.7. The quantitative estimate of drug-likeness (QED) is 0.0270. The molecule has 10 heteroatoms.